The normalized spacial score (nSPS) is 12.3. The molecule has 0 amide bonds. The van der Waals surface area contributed by atoms with Crippen LogP contribution in [0.1, 0.15) is 15.9 Å². The number of hydrogen-bond donors (Lipinski definition) is 0. The number of ketones is 1. The summed E-state index contributed by atoms with van der Waals surface area (Å²) in [7, 11) is 0. The summed E-state index contributed by atoms with van der Waals surface area (Å²) in [6.07, 6.45) is -3.96. The molecular weight excluding hydrogens is 345 g/mol. The van der Waals surface area contributed by atoms with E-state index in [-0.39, 0.29) is 11.1 Å². The van der Waals surface area contributed by atoms with Gasteiger partial charge >= 0.3 is 6.18 Å². The van der Waals surface area contributed by atoms with E-state index in [1.54, 1.807) is 18.2 Å². The van der Waals surface area contributed by atoms with Gasteiger partial charge in [0.05, 0.1) is 5.57 Å². The zero-order valence-corrected chi connectivity index (χ0v) is 12.3. The zero-order valence-electron chi connectivity index (χ0n) is 10.7. The number of hydrogen-bond acceptors (Lipinski definition) is 1. The van der Waals surface area contributed by atoms with E-state index in [2.05, 4.69) is 15.9 Å². The Kier molecular flexibility index (Phi) is 4.63. The van der Waals surface area contributed by atoms with Gasteiger partial charge in [0, 0.05) is 10.0 Å². The molecule has 0 atom stereocenters. The molecule has 0 saturated heterocycles. The third-order valence-corrected chi connectivity index (χ3v) is 3.32. The molecule has 0 saturated carbocycles. The van der Waals surface area contributed by atoms with Crippen molar-refractivity contribution >= 4 is 27.3 Å². The molecule has 0 aliphatic carbocycles. The van der Waals surface area contributed by atoms with Gasteiger partial charge < -0.3 is 0 Å². The van der Waals surface area contributed by atoms with Gasteiger partial charge in [-0.3, -0.25) is 4.79 Å². The average Bonchev–Trinajstić information content (AvgIpc) is 2.45. The fourth-order valence-corrected chi connectivity index (χ4v) is 2.04. The number of allylic oxidation sites excluding steroid dienone is 2. The summed E-state index contributed by atoms with van der Waals surface area (Å²) in [5.41, 5.74) is -0.782. The largest absolute Gasteiger partial charge is 0.417 e. The number of carbonyl (C=O) groups excluding carboxylic acids is 1. The molecule has 2 aromatic carbocycles. The third-order valence-electron chi connectivity index (χ3n) is 2.79. The molecule has 2 aromatic rings. The lowest BCUT2D eigenvalue weighted by atomic mass is 10.0. The topological polar surface area (TPSA) is 17.1 Å². The van der Waals surface area contributed by atoms with Crippen molar-refractivity contribution in [3.05, 3.63) is 76.3 Å². The predicted molar refractivity (Wildman–Crippen MR) is 78.9 cm³/mol. The SMILES string of the molecule is O=C(/C=C(/c1ccc(Br)cc1)C(F)(F)F)c1ccccc1. The summed E-state index contributed by atoms with van der Waals surface area (Å²) < 4.78 is 40.1. The van der Waals surface area contributed by atoms with Gasteiger partial charge in [-0.15, -0.1) is 0 Å². The molecule has 0 unspecified atom stereocenters. The average molecular weight is 355 g/mol. The number of alkyl halides is 3. The summed E-state index contributed by atoms with van der Waals surface area (Å²) in [5, 5.41) is 0. The van der Waals surface area contributed by atoms with E-state index < -0.39 is 17.5 Å². The summed E-state index contributed by atoms with van der Waals surface area (Å²) in [4.78, 5) is 12.0. The summed E-state index contributed by atoms with van der Waals surface area (Å²) in [5.74, 6) is -0.675. The molecule has 0 aromatic heterocycles. The van der Waals surface area contributed by atoms with Crippen molar-refractivity contribution in [2.24, 2.45) is 0 Å². The minimum atomic E-state index is -4.60. The van der Waals surface area contributed by atoms with Crippen LogP contribution in [-0.2, 0) is 0 Å². The highest BCUT2D eigenvalue weighted by molar-refractivity contribution is 9.10. The minimum absolute atomic E-state index is 0.0463. The van der Waals surface area contributed by atoms with Gasteiger partial charge in [0.15, 0.2) is 5.78 Å². The lowest BCUT2D eigenvalue weighted by Crippen LogP contribution is -2.12. The lowest BCUT2D eigenvalue weighted by Gasteiger charge is -2.12. The van der Waals surface area contributed by atoms with Crippen LogP contribution >= 0.6 is 15.9 Å². The van der Waals surface area contributed by atoms with Gasteiger partial charge in [-0.25, -0.2) is 0 Å². The first kappa shape index (κ1) is 15.5. The van der Waals surface area contributed by atoms with Gasteiger partial charge in [0.1, 0.15) is 0 Å². The maximum absolute atomic E-state index is 13.2. The Labute approximate surface area is 128 Å². The molecule has 0 aliphatic rings. The standard InChI is InChI=1S/C16H10BrF3O/c17-13-8-6-11(7-9-13)14(16(18,19)20)10-15(21)12-4-2-1-3-5-12/h1-10H/b14-10-. The molecular formula is C16H10BrF3O. The van der Waals surface area contributed by atoms with Crippen LogP contribution in [0.15, 0.2) is 65.1 Å². The van der Waals surface area contributed by atoms with Crippen molar-refractivity contribution in [3.63, 3.8) is 0 Å². The van der Waals surface area contributed by atoms with E-state index in [1.807, 2.05) is 0 Å². The van der Waals surface area contributed by atoms with Crippen molar-refractivity contribution in [1.82, 2.24) is 0 Å². The van der Waals surface area contributed by atoms with Crippen molar-refractivity contribution in [3.8, 4) is 0 Å². The third kappa shape index (κ3) is 4.04. The summed E-state index contributed by atoms with van der Waals surface area (Å²) >= 11 is 3.16. The fraction of sp³-hybridized carbons (Fsp3) is 0.0625. The highest BCUT2D eigenvalue weighted by Crippen LogP contribution is 2.34. The Morgan fingerprint density at radius 2 is 1.48 bits per heavy atom. The van der Waals surface area contributed by atoms with Gasteiger partial charge in [-0.1, -0.05) is 58.4 Å². The maximum atomic E-state index is 13.2. The molecule has 1 nitrogen and oxygen atoms in total. The van der Waals surface area contributed by atoms with Crippen LogP contribution in [0.5, 0.6) is 0 Å². The van der Waals surface area contributed by atoms with Crippen LogP contribution < -0.4 is 0 Å². The van der Waals surface area contributed by atoms with E-state index in [1.165, 1.54) is 36.4 Å². The van der Waals surface area contributed by atoms with E-state index in [0.29, 0.717) is 10.5 Å². The number of carbonyl (C=O) groups is 1. The fourth-order valence-electron chi connectivity index (χ4n) is 1.78. The first-order valence-corrected chi connectivity index (χ1v) is 6.81. The Bertz CT molecular complexity index is 658. The molecule has 108 valence electrons. The highest BCUT2D eigenvalue weighted by atomic mass is 79.9. The number of benzene rings is 2. The second-order valence-electron chi connectivity index (χ2n) is 4.29. The highest BCUT2D eigenvalue weighted by Gasteiger charge is 2.35. The first-order chi connectivity index (χ1) is 9.88. The molecule has 0 bridgehead atoms. The second-order valence-corrected chi connectivity index (χ2v) is 5.21. The van der Waals surface area contributed by atoms with Crippen LogP contribution in [0.2, 0.25) is 0 Å². The smallest absolute Gasteiger partial charge is 0.289 e. The Hall–Kier alpha value is -1.88. The number of rotatable bonds is 3. The van der Waals surface area contributed by atoms with Crippen molar-refractivity contribution in [2.45, 2.75) is 6.18 Å². The molecule has 2 rings (SSSR count). The molecule has 0 radical (unpaired) electrons. The predicted octanol–water partition coefficient (Wildman–Crippen LogP) is 5.28. The van der Waals surface area contributed by atoms with Crippen molar-refractivity contribution < 1.29 is 18.0 Å². The summed E-state index contributed by atoms with van der Waals surface area (Å²) in [6, 6.07) is 13.5. The van der Waals surface area contributed by atoms with E-state index in [9.17, 15) is 18.0 Å². The molecule has 5 heteroatoms. The zero-order chi connectivity index (χ0) is 15.5. The lowest BCUT2D eigenvalue weighted by molar-refractivity contribution is -0.0689. The number of halogens is 4. The second kappa shape index (κ2) is 6.26. The van der Waals surface area contributed by atoms with E-state index >= 15 is 0 Å². The first-order valence-electron chi connectivity index (χ1n) is 6.02. The molecule has 21 heavy (non-hydrogen) atoms. The minimum Gasteiger partial charge on any atom is -0.289 e. The van der Waals surface area contributed by atoms with E-state index in [0.717, 1.165) is 0 Å². The van der Waals surface area contributed by atoms with Crippen molar-refractivity contribution in [1.29, 1.82) is 0 Å². The van der Waals surface area contributed by atoms with Gasteiger partial charge in [0.25, 0.3) is 0 Å². The maximum Gasteiger partial charge on any atom is 0.417 e. The van der Waals surface area contributed by atoms with Gasteiger partial charge in [0.2, 0.25) is 0 Å². The van der Waals surface area contributed by atoms with Crippen LogP contribution in [-0.4, -0.2) is 12.0 Å². The van der Waals surface area contributed by atoms with E-state index in [4.69, 9.17) is 0 Å². The molecule has 0 N–H and O–H groups in total. The van der Waals surface area contributed by atoms with Gasteiger partial charge in [-0.05, 0) is 23.8 Å². The molecule has 0 fully saturated rings. The van der Waals surface area contributed by atoms with Crippen LogP contribution in [0.25, 0.3) is 5.57 Å². The van der Waals surface area contributed by atoms with Crippen LogP contribution in [0.3, 0.4) is 0 Å². The van der Waals surface area contributed by atoms with Crippen LogP contribution in [0, 0.1) is 0 Å². The quantitative estimate of drug-likeness (QED) is 0.541. The summed E-state index contributed by atoms with van der Waals surface area (Å²) in [6.45, 7) is 0. The molecule has 0 spiro atoms. The Morgan fingerprint density at radius 1 is 0.905 bits per heavy atom. The monoisotopic (exact) mass is 354 g/mol. The van der Waals surface area contributed by atoms with Gasteiger partial charge in [-0.2, -0.15) is 13.2 Å². The Morgan fingerprint density at radius 3 is 2.00 bits per heavy atom. The molecule has 0 heterocycles. The molecule has 0 aliphatic heterocycles. The van der Waals surface area contributed by atoms with Crippen molar-refractivity contribution in [2.75, 3.05) is 0 Å². The Balaban J connectivity index is 2.44. The van der Waals surface area contributed by atoms with Crippen LogP contribution in [0.4, 0.5) is 13.2 Å².